The van der Waals surface area contributed by atoms with Crippen LogP contribution in [0.4, 0.5) is 0 Å². The van der Waals surface area contributed by atoms with E-state index in [9.17, 15) is 0 Å². The summed E-state index contributed by atoms with van der Waals surface area (Å²) in [5.74, 6) is 1.85. The molecule has 0 aromatic heterocycles. The predicted molar refractivity (Wildman–Crippen MR) is 79.4 cm³/mol. The molecule has 2 rings (SSSR count). The maximum absolute atomic E-state index is 5.80. The van der Waals surface area contributed by atoms with E-state index in [4.69, 9.17) is 4.74 Å². The zero-order valence-corrected chi connectivity index (χ0v) is 12.8. The SMILES string of the molecule is CCCC(CNC)Cc1cc(Br)cc2c1OCC2. The number of hydrogen-bond acceptors (Lipinski definition) is 2. The van der Waals surface area contributed by atoms with Gasteiger partial charge in [0.05, 0.1) is 6.61 Å². The number of nitrogens with one attached hydrogen (secondary N) is 1. The van der Waals surface area contributed by atoms with Crippen LogP contribution in [0.25, 0.3) is 0 Å². The Bertz CT molecular complexity index is 400. The second kappa shape index (κ2) is 6.58. The standard InChI is InChI=1S/C15H22BrNO/c1-3-4-11(10-17-2)7-13-9-14(16)8-12-5-6-18-15(12)13/h8-9,11,17H,3-7,10H2,1-2H3. The van der Waals surface area contributed by atoms with Crippen LogP contribution < -0.4 is 10.1 Å². The van der Waals surface area contributed by atoms with Gasteiger partial charge in [-0.3, -0.25) is 0 Å². The first-order valence-electron chi connectivity index (χ1n) is 6.83. The minimum absolute atomic E-state index is 0.697. The molecule has 2 nitrogen and oxygen atoms in total. The first-order chi connectivity index (χ1) is 8.74. The molecule has 0 aliphatic carbocycles. The third-order valence-corrected chi connectivity index (χ3v) is 3.98. The Kier molecular flexibility index (Phi) is 5.07. The van der Waals surface area contributed by atoms with Crippen LogP contribution in [0.1, 0.15) is 30.9 Å². The molecular weight excluding hydrogens is 290 g/mol. The molecule has 1 aliphatic heterocycles. The Morgan fingerprint density at radius 1 is 1.44 bits per heavy atom. The Labute approximate surface area is 118 Å². The number of benzene rings is 1. The first kappa shape index (κ1) is 13.9. The van der Waals surface area contributed by atoms with Crippen LogP contribution in [0, 0.1) is 5.92 Å². The van der Waals surface area contributed by atoms with Gasteiger partial charge in [0.2, 0.25) is 0 Å². The van der Waals surface area contributed by atoms with E-state index in [0.717, 1.165) is 31.7 Å². The van der Waals surface area contributed by atoms with Crippen molar-refractivity contribution in [2.45, 2.75) is 32.6 Å². The fourth-order valence-electron chi connectivity index (χ4n) is 2.78. The normalized spacial score (nSPS) is 15.3. The highest BCUT2D eigenvalue weighted by molar-refractivity contribution is 9.10. The molecule has 0 saturated heterocycles. The van der Waals surface area contributed by atoms with Gasteiger partial charge in [-0.1, -0.05) is 29.3 Å². The molecule has 1 unspecified atom stereocenters. The monoisotopic (exact) mass is 311 g/mol. The highest BCUT2D eigenvalue weighted by Gasteiger charge is 2.19. The summed E-state index contributed by atoms with van der Waals surface area (Å²) in [5.41, 5.74) is 2.73. The highest BCUT2D eigenvalue weighted by atomic mass is 79.9. The molecule has 1 N–H and O–H groups in total. The quantitative estimate of drug-likeness (QED) is 0.867. The van der Waals surface area contributed by atoms with Crippen LogP contribution in [0.2, 0.25) is 0 Å². The lowest BCUT2D eigenvalue weighted by atomic mass is 9.93. The Morgan fingerprint density at radius 3 is 3.00 bits per heavy atom. The predicted octanol–water partition coefficient (Wildman–Crippen LogP) is 3.56. The maximum Gasteiger partial charge on any atom is 0.125 e. The fraction of sp³-hybridized carbons (Fsp3) is 0.600. The largest absolute Gasteiger partial charge is 0.493 e. The van der Waals surface area contributed by atoms with E-state index in [1.165, 1.54) is 28.4 Å². The lowest BCUT2D eigenvalue weighted by Crippen LogP contribution is -2.20. The minimum atomic E-state index is 0.697. The number of hydrogen-bond donors (Lipinski definition) is 1. The zero-order chi connectivity index (χ0) is 13.0. The summed E-state index contributed by atoms with van der Waals surface area (Å²) >= 11 is 3.61. The van der Waals surface area contributed by atoms with Crippen LogP contribution >= 0.6 is 15.9 Å². The van der Waals surface area contributed by atoms with E-state index < -0.39 is 0 Å². The summed E-state index contributed by atoms with van der Waals surface area (Å²) in [7, 11) is 2.03. The van der Waals surface area contributed by atoms with Crippen LogP contribution in [-0.2, 0) is 12.8 Å². The number of fused-ring (bicyclic) bond motifs is 1. The summed E-state index contributed by atoms with van der Waals surface area (Å²) < 4.78 is 6.98. The lowest BCUT2D eigenvalue weighted by Gasteiger charge is -2.17. The van der Waals surface area contributed by atoms with E-state index in [2.05, 4.69) is 40.3 Å². The Balaban J connectivity index is 2.17. The first-order valence-corrected chi connectivity index (χ1v) is 7.62. The molecule has 0 bridgehead atoms. The van der Waals surface area contributed by atoms with Gasteiger partial charge in [-0.25, -0.2) is 0 Å². The van der Waals surface area contributed by atoms with Gasteiger partial charge in [0.1, 0.15) is 5.75 Å². The Hall–Kier alpha value is -0.540. The minimum Gasteiger partial charge on any atom is -0.493 e. The molecular formula is C15H22BrNO. The van der Waals surface area contributed by atoms with Gasteiger partial charge in [0.25, 0.3) is 0 Å². The van der Waals surface area contributed by atoms with E-state index in [1.54, 1.807) is 0 Å². The van der Waals surface area contributed by atoms with Crippen molar-refractivity contribution in [1.29, 1.82) is 0 Å². The molecule has 0 amide bonds. The van der Waals surface area contributed by atoms with E-state index in [0.29, 0.717) is 5.92 Å². The third-order valence-electron chi connectivity index (χ3n) is 3.52. The molecule has 1 aromatic rings. The summed E-state index contributed by atoms with van der Waals surface area (Å²) in [6.07, 6.45) is 4.66. The number of ether oxygens (including phenoxy) is 1. The molecule has 0 saturated carbocycles. The molecule has 18 heavy (non-hydrogen) atoms. The molecule has 0 radical (unpaired) electrons. The Morgan fingerprint density at radius 2 is 2.28 bits per heavy atom. The van der Waals surface area contributed by atoms with E-state index >= 15 is 0 Å². The van der Waals surface area contributed by atoms with Gasteiger partial charge in [0, 0.05) is 10.9 Å². The zero-order valence-electron chi connectivity index (χ0n) is 11.3. The van der Waals surface area contributed by atoms with Crippen molar-refractivity contribution in [2.75, 3.05) is 20.2 Å². The summed E-state index contributed by atoms with van der Waals surface area (Å²) in [5, 5.41) is 3.30. The van der Waals surface area contributed by atoms with Crippen LogP contribution in [-0.4, -0.2) is 20.2 Å². The topological polar surface area (TPSA) is 21.3 Å². The average molecular weight is 312 g/mol. The molecule has 0 fully saturated rings. The summed E-state index contributed by atoms with van der Waals surface area (Å²) in [6, 6.07) is 4.42. The summed E-state index contributed by atoms with van der Waals surface area (Å²) in [6.45, 7) is 4.17. The van der Waals surface area contributed by atoms with Gasteiger partial charge in [-0.05, 0) is 55.6 Å². The van der Waals surface area contributed by atoms with Crippen molar-refractivity contribution < 1.29 is 4.74 Å². The highest BCUT2D eigenvalue weighted by Crippen LogP contribution is 2.34. The van der Waals surface area contributed by atoms with Crippen molar-refractivity contribution in [3.63, 3.8) is 0 Å². The molecule has 3 heteroatoms. The van der Waals surface area contributed by atoms with E-state index in [1.807, 2.05) is 7.05 Å². The van der Waals surface area contributed by atoms with Crippen molar-refractivity contribution in [3.05, 3.63) is 27.7 Å². The maximum atomic E-state index is 5.80. The third kappa shape index (κ3) is 3.27. The van der Waals surface area contributed by atoms with Gasteiger partial charge in [0.15, 0.2) is 0 Å². The van der Waals surface area contributed by atoms with Crippen LogP contribution in [0.3, 0.4) is 0 Å². The smallest absolute Gasteiger partial charge is 0.125 e. The van der Waals surface area contributed by atoms with Crippen molar-refractivity contribution in [2.24, 2.45) is 5.92 Å². The van der Waals surface area contributed by atoms with Crippen LogP contribution in [0.15, 0.2) is 16.6 Å². The molecule has 100 valence electrons. The van der Waals surface area contributed by atoms with Crippen LogP contribution in [0.5, 0.6) is 5.75 Å². The molecule has 1 heterocycles. The average Bonchev–Trinajstić information content (AvgIpc) is 2.77. The van der Waals surface area contributed by atoms with Crippen molar-refractivity contribution in [1.82, 2.24) is 5.32 Å². The van der Waals surface area contributed by atoms with Crippen molar-refractivity contribution >= 4 is 15.9 Å². The second-order valence-corrected chi connectivity index (χ2v) is 5.98. The molecule has 1 aromatic carbocycles. The van der Waals surface area contributed by atoms with Gasteiger partial charge < -0.3 is 10.1 Å². The fourth-order valence-corrected chi connectivity index (χ4v) is 3.33. The van der Waals surface area contributed by atoms with Gasteiger partial charge in [-0.2, -0.15) is 0 Å². The van der Waals surface area contributed by atoms with Crippen molar-refractivity contribution in [3.8, 4) is 5.75 Å². The summed E-state index contributed by atoms with van der Waals surface area (Å²) in [4.78, 5) is 0. The number of halogens is 1. The van der Waals surface area contributed by atoms with E-state index in [-0.39, 0.29) is 0 Å². The van der Waals surface area contributed by atoms with Gasteiger partial charge in [-0.15, -0.1) is 0 Å². The molecule has 1 atom stereocenters. The molecule has 0 spiro atoms. The van der Waals surface area contributed by atoms with Gasteiger partial charge >= 0.3 is 0 Å². The second-order valence-electron chi connectivity index (χ2n) is 5.07. The lowest BCUT2D eigenvalue weighted by molar-refractivity contribution is 0.349. The number of rotatable bonds is 6. The molecule has 1 aliphatic rings.